The fourth-order valence-corrected chi connectivity index (χ4v) is 4.44. The number of nitrogens with zero attached hydrogens (tertiary/aromatic N) is 1. The Labute approximate surface area is 139 Å². The van der Waals surface area contributed by atoms with Gasteiger partial charge in [-0.25, -0.2) is 13.1 Å². The van der Waals surface area contributed by atoms with E-state index in [9.17, 15) is 8.42 Å². The van der Waals surface area contributed by atoms with Crippen molar-refractivity contribution in [1.29, 1.82) is 0 Å². The number of anilines is 1. The van der Waals surface area contributed by atoms with Crippen LogP contribution in [0.15, 0.2) is 24.3 Å². The van der Waals surface area contributed by atoms with E-state index in [2.05, 4.69) is 15.7 Å². The van der Waals surface area contributed by atoms with Gasteiger partial charge in [0.15, 0.2) is 0 Å². The molecule has 2 aliphatic heterocycles. The molecule has 1 N–H and O–H groups in total. The van der Waals surface area contributed by atoms with Crippen molar-refractivity contribution in [1.82, 2.24) is 4.72 Å². The number of nitrogens with one attached hydrogen (secondary N) is 1. The van der Waals surface area contributed by atoms with Crippen LogP contribution >= 0.6 is 0 Å². The van der Waals surface area contributed by atoms with Crippen molar-refractivity contribution in [3.8, 4) is 0 Å². The summed E-state index contributed by atoms with van der Waals surface area (Å²) in [5.41, 5.74) is 2.21. The van der Waals surface area contributed by atoms with E-state index >= 15 is 0 Å². The van der Waals surface area contributed by atoms with Crippen LogP contribution in [-0.2, 0) is 21.3 Å². The lowest BCUT2D eigenvalue weighted by Crippen LogP contribution is -2.29. The van der Waals surface area contributed by atoms with E-state index in [0.717, 1.165) is 43.8 Å². The first-order chi connectivity index (χ1) is 11.1. The van der Waals surface area contributed by atoms with E-state index < -0.39 is 10.0 Å². The van der Waals surface area contributed by atoms with Crippen molar-refractivity contribution in [3.63, 3.8) is 0 Å². The summed E-state index contributed by atoms with van der Waals surface area (Å²) in [6, 6.07) is 8.08. The van der Waals surface area contributed by atoms with Gasteiger partial charge in [-0.05, 0) is 43.7 Å². The molecule has 1 aromatic rings. The lowest BCUT2D eigenvalue weighted by atomic mass is 10.1. The molecule has 0 spiro atoms. The highest BCUT2D eigenvalue weighted by Crippen LogP contribution is 2.24. The van der Waals surface area contributed by atoms with Crippen molar-refractivity contribution in [2.24, 2.45) is 0 Å². The first-order valence-electron chi connectivity index (χ1n) is 8.56. The summed E-state index contributed by atoms with van der Waals surface area (Å²) in [5, 5.41) is 0. The number of ether oxygens (including phenoxy) is 1. The molecule has 0 amide bonds. The lowest BCUT2D eigenvalue weighted by Gasteiger charge is -2.21. The van der Waals surface area contributed by atoms with E-state index in [1.165, 1.54) is 12.8 Å². The summed E-state index contributed by atoms with van der Waals surface area (Å²) in [6.45, 7) is 3.24. The van der Waals surface area contributed by atoms with Crippen molar-refractivity contribution < 1.29 is 13.2 Å². The molecule has 0 bridgehead atoms. The molecule has 128 valence electrons. The molecule has 23 heavy (non-hydrogen) atoms. The number of hydrogen-bond acceptors (Lipinski definition) is 4. The highest BCUT2D eigenvalue weighted by Gasteiger charge is 2.20. The van der Waals surface area contributed by atoms with Crippen molar-refractivity contribution >= 4 is 15.7 Å². The zero-order chi connectivity index (χ0) is 16.1. The maximum atomic E-state index is 12.2. The first kappa shape index (κ1) is 16.7. The second-order valence-corrected chi connectivity index (χ2v) is 8.31. The van der Waals surface area contributed by atoms with Gasteiger partial charge in [-0.15, -0.1) is 0 Å². The highest BCUT2D eigenvalue weighted by atomic mass is 32.2. The predicted octanol–water partition coefficient (Wildman–Crippen LogP) is 2.28. The quantitative estimate of drug-likeness (QED) is 0.829. The molecule has 2 saturated heterocycles. The van der Waals surface area contributed by atoms with Gasteiger partial charge in [0.25, 0.3) is 0 Å². The van der Waals surface area contributed by atoms with Crippen LogP contribution in [-0.4, -0.2) is 40.0 Å². The van der Waals surface area contributed by atoms with Crippen LogP contribution in [0.5, 0.6) is 0 Å². The monoisotopic (exact) mass is 338 g/mol. The summed E-state index contributed by atoms with van der Waals surface area (Å²) >= 11 is 0. The highest BCUT2D eigenvalue weighted by molar-refractivity contribution is 7.89. The van der Waals surface area contributed by atoms with Gasteiger partial charge < -0.3 is 9.64 Å². The number of sulfonamides is 1. The fourth-order valence-electron chi connectivity index (χ4n) is 3.35. The molecule has 0 aromatic heterocycles. The van der Waals surface area contributed by atoms with E-state index in [4.69, 9.17) is 4.74 Å². The zero-order valence-electron chi connectivity index (χ0n) is 13.5. The van der Waals surface area contributed by atoms with Crippen LogP contribution in [0.1, 0.15) is 37.7 Å². The Kier molecular flexibility index (Phi) is 5.56. The molecule has 5 nitrogen and oxygen atoms in total. The summed E-state index contributed by atoms with van der Waals surface area (Å²) in [5.74, 6) is 0.142. The van der Waals surface area contributed by atoms with Crippen LogP contribution in [0.25, 0.3) is 0 Å². The Morgan fingerprint density at radius 2 is 1.96 bits per heavy atom. The Hall–Kier alpha value is -1.11. The average Bonchev–Trinajstić information content (AvgIpc) is 3.25. The van der Waals surface area contributed by atoms with Crippen molar-refractivity contribution in [2.75, 3.05) is 30.3 Å². The fraction of sp³-hybridized carbons (Fsp3) is 0.647. The zero-order valence-corrected chi connectivity index (χ0v) is 14.4. The second kappa shape index (κ2) is 7.64. The second-order valence-electron chi connectivity index (χ2n) is 6.39. The molecule has 2 aliphatic rings. The van der Waals surface area contributed by atoms with E-state index in [1.54, 1.807) is 0 Å². The van der Waals surface area contributed by atoms with Gasteiger partial charge >= 0.3 is 0 Å². The molecule has 6 heteroatoms. The molecular weight excluding hydrogens is 312 g/mol. The molecule has 0 radical (unpaired) electrons. The number of para-hydroxylation sites is 1. The molecule has 0 aliphatic carbocycles. The van der Waals surface area contributed by atoms with Crippen molar-refractivity contribution in [3.05, 3.63) is 29.8 Å². The molecule has 2 heterocycles. The van der Waals surface area contributed by atoms with Crippen molar-refractivity contribution in [2.45, 2.75) is 44.8 Å². The van der Waals surface area contributed by atoms with Gasteiger partial charge in [-0.3, -0.25) is 0 Å². The Balaban J connectivity index is 1.56. The van der Waals surface area contributed by atoms with E-state index in [1.807, 2.05) is 18.2 Å². The van der Waals surface area contributed by atoms with Gasteiger partial charge in [0.1, 0.15) is 0 Å². The number of hydrogen-bond donors (Lipinski definition) is 1. The minimum absolute atomic E-state index is 0.114. The Morgan fingerprint density at radius 1 is 1.17 bits per heavy atom. The maximum absolute atomic E-state index is 12.2. The predicted molar refractivity (Wildman–Crippen MR) is 92.1 cm³/mol. The third-order valence-corrected chi connectivity index (χ3v) is 6.01. The Morgan fingerprint density at radius 3 is 2.70 bits per heavy atom. The first-order valence-corrected chi connectivity index (χ1v) is 10.2. The molecule has 2 fully saturated rings. The van der Waals surface area contributed by atoms with Gasteiger partial charge in [0.2, 0.25) is 10.0 Å². The van der Waals surface area contributed by atoms with Crippen LogP contribution in [0.3, 0.4) is 0 Å². The Bertz CT molecular complexity index is 606. The molecule has 0 saturated carbocycles. The van der Waals surface area contributed by atoms with Crippen LogP contribution in [0, 0.1) is 0 Å². The minimum Gasteiger partial charge on any atom is -0.378 e. The topological polar surface area (TPSA) is 58.6 Å². The third-order valence-electron chi connectivity index (χ3n) is 4.65. The van der Waals surface area contributed by atoms with Gasteiger partial charge in [-0.2, -0.15) is 0 Å². The lowest BCUT2D eigenvalue weighted by molar-refractivity contribution is 0.109. The van der Waals surface area contributed by atoms with Crippen LogP contribution in [0.2, 0.25) is 0 Å². The normalized spacial score (nSPS) is 21.9. The van der Waals surface area contributed by atoms with Crippen LogP contribution in [0.4, 0.5) is 5.69 Å². The van der Waals surface area contributed by atoms with Gasteiger partial charge in [-0.1, -0.05) is 18.2 Å². The molecule has 3 rings (SSSR count). The van der Waals surface area contributed by atoms with E-state index in [0.29, 0.717) is 13.0 Å². The summed E-state index contributed by atoms with van der Waals surface area (Å²) < 4.78 is 32.7. The summed E-state index contributed by atoms with van der Waals surface area (Å²) in [6.07, 6.45) is 5.14. The molecule has 1 atom stereocenters. The maximum Gasteiger partial charge on any atom is 0.211 e. The summed E-state index contributed by atoms with van der Waals surface area (Å²) in [4.78, 5) is 2.34. The molecule has 0 unspecified atom stereocenters. The average molecular weight is 338 g/mol. The third kappa shape index (κ3) is 4.68. The minimum atomic E-state index is -3.26. The van der Waals surface area contributed by atoms with Gasteiger partial charge in [0, 0.05) is 31.9 Å². The smallest absolute Gasteiger partial charge is 0.211 e. The van der Waals surface area contributed by atoms with Crippen LogP contribution < -0.4 is 9.62 Å². The largest absolute Gasteiger partial charge is 0.378 e. The SMILES string of the molecule is O=S(=O)(CC[C@H]1CCCO1)NCc1ccccc1N1CCCC1. The standard InChI is InChI=1S/C17H26N2O3S/c20-23(21,13-9-16-7-5-12-22-16)18-14-15-6-1-2-8-17(15)19-10-3-4-11-19/h1-2,6,8,16,18H,3-5,7,9-14H2/t16-/m1/s1. The molecule has 1 aromatic carbocycles. The summed E-state index contributed by atoms with van der Waals surface area (Å²) in [7, 11) is -3.26. The van der Waals surface area contributed by atoms with Gasteiger partial charge in [0.05, 0.1) is 11.9 Å². The van der Waals surface area contributed by atoms with E-state index in [-0.39, 0.29) is 11.9 Å². The number of benzene rings is 1. The number of rotatable bonds is 7. The molecular formula is C17H26N2O3S.